The smallest absolute Gasteiger partial charge is 0.236 e. The molecule has 0 saturated carbocycles. The van der Waals surface area contributed by atoms with Crippen LogP contribution in [0.4, 0.5) is 0 Å². The molecule has 0 fully saturated rings. The molecule has 14 heavy (non-hydrogen) atoms. The quantitative estimate of drug-likeness (QED) is 0.838. The molecule has 1 rings (SSSR count). The summed E-state index contributed by atoms with van der Waals surface area (Å²) in [5, 5.41) is 3.22. The van der Waals surface area contributed by atoms with Crippen molar-refractivity contribution in [1.29, 1.82) is 0 Å². The molecule has 1 aromatic rings. The van der Waals surface area contributed by atoms with Gasteiger partial charge >= 0.3 is 0 Å². The molecule has 0 saturated heterocycles. The van der Waals surface area contributed by atoms with Crippen molar-refractivity contribution < 1.29 is 8.42 Å². The number of halogens is 1. The highest BCUT2D eigenvalue weighted by molar-refractivity contribution is 7.89. The van der Waals surface area contributed by atoms with Gasteiger partial charge in [-0.25, -0.2) is 12.4 Å². The third-order valence-electron chi connectivity index (χ3n) is 1.82. The maximum atomic E-state index is 11.2. The van der Waals surface area contributed by atoms with Gasteiger partial charge in [0.25, 0.3) is 0 Å². The molecular formula is C8H13ClN2O2S. The van der Waals surface area contributed by atoms with Crippen LogP contribution in [0.25, 0.3) is 0 Å². The predicted octanol–water partition coefficient (Wildman–Crippen LogP) is 0.711. The van der Waals surface area contributed by atoms with E-state index in [4.69, 9.17) is 11.6 Å². The monoisotopic (exact) mass is 236 g/mol. The Kier molecular flexibility index (Phi) is 3.58. The van der Waals surface area contributed by atoms with E-state index >= 15 is 0 Å². The summed E-state index contributed by atoms with van der Waals surface area (Å²) in [4.78, 5) is 0. The van der Waals surface area contributed by atoms with Gasteiger partial charge in [-0.15, -0.1) is 0 Å². The molecule has 0 amide bonds. The van der Waals surface area contributed by atoms with E-state index in [9.17, 15) is 8.42 Å². The van der Waals surface area contributed by atoms with E-state index in [-0.39, 0.29) is 5.15 Å². The minimum Gasteiger partial charge on any atom is -0.319 e. The molecule has 6 heteroatoms. The topological polar surface area (TPSA) is 51.1 Å². The number of rotatable bonds is 4. The van der Waals surface area contributed by atoms with Gasteiger partial charge in [0.15, 0.2) is 0 Å². The van der Waals surface area contributed by atoms with Crippen LogP contribution >= 0.6 is 11.6 Å². The molecule has 0 aliphatic heterocycles. The van der Waals surface area contributed by atoms with Crippen LogP contribution in [0, 0.1) is 0 Å². The van der Waals surface area contributed by atoms with E-state index in [1.165, 1.54) is 0 Å². The minimum absolute atomic E-state index is 0.235. The number of nitrogens with one attached hydrogen (secondary N) is 1. The Labute approximate surface area is 88.9 Å². The number of hydrogen-bond acceptors (Lipinski definition) is 3. The Bertz CT molecular complexity index is 411. The molecule has 1 aromatic heterocycles. The van der Waals surface area contributed by atoms with Crippen LogP contribution in [0.3, 0.4) is 0 Å². The van der Waals surface area contributed by atoms with Crippen molar-refractivity contribution in [1.82, 2.24) is 9.29 Å². The van der Waals surface area contributed by atoms with Crippen LogP contribution < -0.4 is 5.32 Å². The van der Waals surface area contributed by atoms with Crippen LogP contribution in [0.15, 0.2) is 12.3 Å². The third kappa shape index (κ3) is 2.73. The van der Waals surface area contributed by atoms with E-state index < -0.39 is 10.0 Å². The summed E-state index contributed by atoms with van der Waals surface area (Å²) in [6.07, 6.45) is 3.44. The van der Waals surface area contributed by atoms with Crippen LogP contribution in [0.2, 0.25) is 5.15 Å². The first kappa shape index (κ1) is 11.6. The lowest BCUT2D eigenvalue weighted by Crippen LogP contribution is -2.10. The van der Waals surface area contributed by atoms with Crippen LogP contribution in [-0.4, -0.2) is 32.2 Å². The normalized spacial score (nSPS) is 11.9. The molecule has 1 heterocycles. The Morgan fingerprint density at radius 1 is 1.57 bits per heavy atom. The molecule has 80 valence electrons. The van der Waals surface area contributed by atoms with Crippen LogP contribution in [-0.2, 0) is 16.4 Å². The van der Waals surface area contributed by atoms with E-state index in [0.717, 1.165) is 28.8 Å². The molecule has 0 aliphatic carbocycles. The molecule has 0 bridgehead atoms. The van der Waals surface area contributed by atoms with Gasteiger partial charge in [0.05, 0.1) is 6.26 Å². The van der Waals surface area contributed by atoms with Crippen molar-refractivity contribution in [3.8, 4) is 0 Å². The minimum atomic E-state index is -3.27. The Morgan fingerprint density at radius 3 is 2.64 bits per heavy atom. The second kappa shape index (κ2) is 4.33. The highest BCUT2D eigenvalue weighted by Crippen LogP contribution is 2.16. The average molecular weight is 237 g/mol. The van der Waals surface area contributed by atoms with Gasteiger partial charge in [-0.2, -0.15) is 0 Å². The van der Waals surface area contributed by atoms with Crippen LogP contribution in [0.5, 0.6) is 0 Å². The second-order valence-corrected chi connectivity index (χ2v) is 5.33. The fourth-order valence-corrected chi connectivity index (χ4v) is 2.39. The zero-order valence-electron chi connectivity index (χ0n) is 8.12. The summed E-state index contributed by atoms with van der Waals surface area (Å²) in [6.45, 7) is 0.796. The van der Waals surface area contributed by atoms with Gasteiger partial charge in [0.1, 0.15) is 5.15 Å². The van der Waals surface area contributed by atoms with Gasteiger partial charge in [-0.1, -0.05) is 11.6 Å². The summed E-state index contributed by atoms with van der Waals surface area (Å²) in [6, 6.07) is 1.67. The third-order valence-corrected chi connectivity index (χ3v) is 3.23. The van der Waals surface area contributed by atoms with Crippen molar-refractivity contribution in [2.45, 2.75) is 6.42 Å². The summed E-state index contributed by atoms with van der Waals surface area (Å²) < 4.78 is 23.5. The maximum Gasteiger partial charge on any atom is 0.236 e. The lowest BCUT2D eigenvalue weighted by atomic mass is 10.2. The largest absolute Gasteiger partial charge is 0.319 e. The molecule has 0 spiro atoms. The molecule has 1 N–H and O–H groups in total. The molecule has 4 nitrogen and oxygen atoms in total. The van der Waals surface area contributed by atoms with Gasteiger partial charge < -0.3 is 5.32 Å². The van der Waals surface area contributed by atoms with E-state index in [2.05, 4.69) is 5.32 Å². The number of aromatic nitrogens is 1. The van der Waals surface area contributed by atoms with Crippen molar-refractivity contribution in [2.75, 3.05) is 19.8 Å². The van der Waals surface area contributed by atoms with E-state index in [0.29, 0.717) is 0 Å². The first-order chi connectivity index (χ1) is 6.45. The van der Waals surface area contributed by atoms with Gasteiger partial charge in [0.2, 0.25) is 10.0 Å². The summed E-state index contributed by atoms with van der Waals surface area (Å²) in [5.74, 6) is 0. The molecule has 0 aromatic carbocycles. The highest BCUT2D eigenvalue weighted by atomic mass is 35.5. The first-order valence-corrected chi connectivity index (χ1v) is 6.39. The summed E-state index contributed by atoms with van der Waals surface area (Å²) in [7, 11) is -1.43. The fraction of sp³-hybridized carbons (Fsp3) is 0.500. The second-order valence-electron chi connectivity index (χ2n) is 3.08. The van der Waals surface area contributed by atoms with Gasteiger partial charge in [0, 0.05) is 6.20 Å². The summed E-state index contributed by atoms with van der Waals surface area (Å²) >= 11 is 5.77. The first-order valence-electron chi connectivity index (χ1n) is 4.17. The molecule has 0 radical (unpaired) electrons. The molecular weight excluding hydrogens is 224 g/mol. The van der Waals surface area contributed by atoms with Crippen molar-refractivity contribution in [2.24, 2.45) is 0 Å². The summed E-state index contributed by atoms with van der Waals surface area (Å²) in [5.41, 5.74) is 0.912. The number of likely N-dealkylation sites (N-methyl/N-ethyl adjacent to an activating group) is 1. The molecule has 0 unspecified atom stereocenters. The Balaban J connectivity index is 2.94. The average Bonchev–Trinajstić information content (AvgIpc) is 2.42. The Morgan fingerprint density at radius 2 is 2.21 bits per heavy atom. The zero-order chi connectivity index (χ0) is 10.8. The standard InChI is InChI=1S/C8H13ClN2O2S/c1-10-4-3-7-5-8(9)11(6-7)14(2,12)13/h5-6,10H,3-4H2,1-2H3. The van der Waals surface area contributed by atoms with E-state index in [1.54, 1.807) is 12.3 Å². The lowest BCUT2D eigenvalue weighted by Gasteiger charge is -1.99. The Hall–Kier alpha value is -0.520. The number of hydrogen-bond donors (Lipinski definition) is 1. The zero-order valence-corrected chi connectivity index (χ0v) is 9.69. The number of nitrogens with zero attached hydrogens (tertiary/aromatic N) is 1. The maximum absolute atomic E-state index is 11.2. The fourth-order valence-electron chi connectivity index (χ4n) is 1.13. The van der Waals surface area contributed by atoms with Crippen molar-refractivity contribution >= 4 is 21.6 Å². The lowest BCUT2D eigenvalue weighted by molar-refractivity contribution is 0.593. The highest BCUT2D eigenvalue weighted by Gasteiger charge is 2.11. The predicted molar refractivity (Wildman–Crippen MR) is 57.3 cm³/mol. The van der Waals surface area contributed by atoms with E-state index in [1.807, 2.05) is 7.05 Å². The van der Waals surface area contributed by atoms with Crippen molar-refractivity contribution in [3.05, 3.63) is 23.0 Å². The van der Waals surface area contributed by atoms with Crippen molar-refractivity contribution in [3.63, 3.8) is 0 Å². The van der Waals surface area contributed by atoms with Crippen LogP contribution in [0.1, 0.15) is 5.56 Å². The molecule has 0 atom stereocenters. The van der Waals surface area contributed by atoms with Gasteiger partial charge in [-0.05, 0) is 31.6 Å². The SMILES string of the molecule is CNCCc1cc(Cl)n(S(C)(=O)=O)c1. The van der Waals surface area contributed by atoms with Gasteiger partial charge in [-0.3, -0.25) is 0 Å². The molecule has 0 aliphatic rings.